The molecule has 0 fully saturated rings. The molecule has 0 aliphatic carbocycles. The van der Waals surface area contributed by atoms with Gasteiger partial charge in [0.25, 0.3) is 0 Å². The minimum absolute atomic E-state index is 0.244. The second-order valence-corrected chi connectivity index (χ2v) is 8.60. The summed E-state index contributed by atoms with van der Waals surface area (Å²) in [5.74, 6) is 0. The maximum atomic E-state index is 11.2. The molecule has 1 rings (SSSR count). The summed E-state index contributed by atoms with van der Waals surface area (Å²) in [4.78, 5) is 4.93. The third-order valence-electron chi connectivity index (χ3n) is 4.32. The topological polar surface area (TPSA) is 75.7 Å². The molecule has 0 amide bonds. The number of hydrogen-bond donors (Lipinski definition) is 0. The molecule has 0 heterocycles. The van der Waals surface area contributed by atoms with E-state index in [1.54, 1.807) is 6.07 Å². The van der Waals surface area contributed by atoms with E-state index in [0.29, 0.717) is 4.90 Å². The Morgan fingerprint density at radius 2 is 1.54 bits per heavy atom. The standard InChI is InChI=1S/C19H32O5S2/c1-3-4-5-6-7-8-9-10-11-12-13-17-14-15-18(26(20,21)22)16-19(17)25-24-23-2/h14-16H,3-13H2,1-2H3,(H,20,21,22)/p-1. The van der Waals surface area contributed by atoms with Crippen molar-refractivity contribution in [1.29, 1.82) is 0 Å². The van der Waals surface area contributed by atoms with Crippen LogP contribution in [0.15, 0.2) is 28.0 Å². The fourth-order valence-electron chi connectivity index (χ4n) is 2.85. The van der Waals surface area contributed by atoms with Gasteiger partial charge in [-0.2, -0.15) is 4.33 Å². The van der Waals surface area contributed by atoms with Crippen LogP contribution in [0.25, 0.3) is 0 Å². The molecule has 0 saturated heterocycles. The van der Waals surface area contributed by atoms with Crippen LogP contribution in [0.4, 0.5) is 0 Å². The van der Waals surface area contributed by atoms with Crippen LogP contribution in [0, 0.1) is 0 Å². The molecular formula is C19H31O5S2-. The fourth-order valence-corrected chi connectivity index (χ4v) is 4.01. The first-order valence-corrected chi connectivity index (χ1v) is 11.6. The van der Waals surface area contributed by atoms with Gasteiger partial charge in [0.2, 0.25) is 0 Å². The molecule has 0 aromatic heterocycles. The minimum Gasteiger partial charge on any atom is -0.744 e. The van der Waals surface area contributed by atoms with Gasteiger partial charge in [0, 0.05) is 4.90 Å². The molecule has 1 aromatic rings. The molecule has 0 aliphatic heterocycles. The maximum Gasteiger partial charge on any atom is 0.124 e. The number of benzene rings is 1. The summed E-state index contributed by atoms with van der Waals surface area (Å²) in [5.41, 5.74) is 0.971. The van der Waals surface area contributed by atoms with E-state index in [4.69, 9.17) is 4.33 Å². The van der Waals surface area contributed by atoms with Gasteiger partial charge in [0.05, 0.1) is 24.0 Å². The predicted octanol–water partition coefficient (Wildman–Crippen LogP) is 5.64. The second kappa shape index (κ2) is 13.6. The molecule has 0 saturated carbocycles. The van der Waals surface area contributed by atoms with E-state index in [1.807, 2.05) is 0 Å². The average molecular weight is 404 g/mol. The van der Waals surface area contributed by atoms with Gasteiger partial charge in [-0.3, -0.25) is 0 Å². The Morgan fingerprint density at radius 3 is 2.08 bits per heavy atom. The van der Waals surface area contributed by atoms with E-state index in [-0.39, 0.29) is 4.90 Å². The molecule has 0 spiro atoms. The van der Waals surface area contributed by atoms with Crippen molar-refractivity contribution in [1.82, 2.24) is 0 Å². The van der Waals surface area contributed by atoms with Crippen LogP contribution in [0.3, 0.4) is 0 Å². The van der Waals surface area contributed by atoms with Crippen molar-refractivity contribution in [2.45, 2.75) is 87.3 Å². The monoisotopic (exact) mass is 403 g/mol. The Hall–Kier alpha value is -0.600. The smallest absolute Gasteiger partial charge is 0.124 e. The lowest BCUT2D eigenvalue weighted by atomic mass is 10.0. The predicted molar refractivity (Wildman–Crippen MR) is 104 cm³/mol. The van der Waals surface area contributed by atoms with E-state index in [0.717, 1.165) is 36.9 Å². The van der Waals surface area contributed by atoms with E-state index >= 15 is 0 Å². The molecule has 0 radical (unpaired) electrons. The highest BCUT2D eigenvalue weighted by Gasteiger charge is 2.10. The van der Waals surface area contributed by atoms with Crippen molar-refractivity contribution in [3.05, 3.63) is 23.8 Å². The zero-order valence-corrected chi connectivity index (χ0v) is 17.5. The Bertz CT molecular complexity index is 602. The van der Waals surface area contributed by atoms with Crippen molar-refractivity contribution < 1.29 is 22.2 Å². The Kier molecular flexibility index (Phi) is 12.2. The number of hydrogen-bond acceptors (Lipinski definition) is 6. The van der Waals surface area contributed by atoms with Gasteiger partial charge in [0.15, 0.2) is 0 Å². The molecule has 0 atom stereocenters. The first-order chi connectivity index (χ1) is 12.5. The van der Waals surface area contributed by atoms with Crippen molar-refractivity contribution >= 4 is 22.2 Å². The third kappa shape index (κ3) is 9.92. The summed E-state index contributed by atoms with van der Waals surface area (Å²) >= 11 is 0.933. The first kappa shape index (κ1) is 23.4. The van der Waals surface area contributed by atoms with Crippen LogP contribution in [-0.4, -0.2) is 20.1 Å². The lowest BCUT2D eigenvalue weighted by Crippen LogP contribution is -2.00. The summed E-state index contributed by atoms with van der Waals surface area (Å²) in [6.45, 7) is 2.23. The van der Waals surface area contributed by atoms with Gasteiger partial charge in [-0.25, -0.2) is 13.3 Å². The molecule has 0 N–H and O–H groups in total. The van der Waals surface area contributed by atoms with Crippen molar-refractivity contribution in [2.75, 3.05) is 7.11 Å². The summed E-state index contributed by atoms with van der Waals surface area (Å²) in [7, 11) is -3.09. The van der Waals surface area contributed by atoms with Gasteiger partial charge < -0.3 is 4.55 Å². The van der Waals surface area contributed by atoms with Gasteiger partial charge in [0.1, 0.15) is 10.1 Å². The van der Waals surface area contributed by atoms with Gasteiger partial charge in [-0.05, 0) is 30.5 Å². The highest BCUT2D eigenvalue weighted by molar-refractivity contribution is 7.94. The SMILES string of the molecule is CCCCCCCCCCCCc1ccc(S(=O)(=O)[O-])cc1SOOC. The second-order valence-electron chi connectivity index (χ2n) is 6.47. The maximum absolute atomic E-state index is 11.2. The fraction of sp³-hybridized carbons (Fsp3) is 0.684. The van der Waals surface area contributed by atoms with E-state index in [9.17, 15) is 13.0 Å². The highest BCUT2D eigenvalue weighted by atomic mass is 32.2. The van der Waals surface area contributed by atoms with Crippen LogP contribution in [-0.2, 0) is 25.8 Å². The number of aryl methyl sites for hydroxylation is 1. The van der Waals surface area contributed by atoms with Crippen LogP contribution in [0.1, 0.15) is 76.7 Å². The minimum atomic E-state index is -4.47. The number of rotatable bonds is 15. The van der Waals surface area contributed by atoms with Crippen molar-refractivity contribution in [3.8, 4) is 0 Å². The Balaban J connectivity index is 2.37. The average Bonchev–Trinajstić information content (AvgIpc) is 2.61. The normalized spacial score (nSPS) is 11.8. The molecule has 7 heteroatoms. The van der Waals surface area contributed by atoms with Crippen LogP contribution in [0.2, 0.25) is 0 Å². The van der Waals surface area contributed by atoms with E-state index < -0.39 is 10.1 Å². The van der Waals surface area contributed by atoms with E-state index in [2.05, 4.69) is 11.8 Å². The molecule has 0 bridgehead atoms. The zero-order valence-electron chi connectivity index (χ0n) is 15.9. The highest BCUT2D eigenvalue weighted by Crippen LogP contribution is 2.28. The lowest BCUT2D eigenvalue weighted by molar-refractivity contribution is -0.160. The van der Waals surface area contributed by atoms with Crippen LogP contribution in [0.5, 0.6) is 0 Å². The zero-order chi connectivity index (χ0) is 19.3. The summed E-state index contributed by atoms with van der Waals surface area (Å²) < 4.78 is 38.4. The van der Waals surface area contributed by atoms with Gasteiger partial charge in [-0.15, -0.1) is 0 Å². The summed E-state index contributed by atoms with van der Waals surface area (Å²) in [5, 5.41) is 0. The molecular weight excluding hydrogens is 372 g/mol. The van der Waals surface area contributed by atoms with Crippen molar-refractivity contribution in [2.24, 2.45) is 0 Å². The summed E-state index contributed by atoms with van der Waals surface area (Å²) in [6, 6.07) is 4.42. The Labute approximate surface area is 162 Å². The molecule has 0 unspecified atom stereocenters. The molecule has 150 valence electrons. The number of unbranched alkanes of at least 4 members (excludes halogenated alkanes) is 9. The quantitative estimate of drug-likeness (QED) is 0.124. The molecule has 0 aliphatic rings. The molecule has 5 nitrogen and oxygen atoms in total. The van der Waals surface area contributed by atoms with Crippen LogP contribution < -0.4 is 0 Å². The van der Waals surface area contributed by atoms with Gasteiger partial charge >= 0.3 is 0 Å². The van der Waals surface area contributed by atoms with Crippen molar-refractivity contribution in [3.63, 3.8) is 0 Å². The van der Waals surface area contributed by atoms with E-state index in [1.165, 1.54) is 70.6 Å². The largest absolute Gasteiger partial charge is 0.744 e. The lowest BCUT2D eigenvalue weighted by Gasteiger charge is -2.12. The van der Waals surface area contributed by atoms with Gasteiger partial charge in [-0.1, -0.05) is 70.8 Å². The first-order valence-electron chi connectivity index (χ1n) is 9.45. The Morgan fingerprint density at radius 1 is 0.962 bits per heavy atom. The summed E-state index contributed by atoms with van der Waals surface area (Å²) in [6.07, 6.45) is 13.5. The molecule has 1 aromatic carbocycles. The van der Waals surface area contributed by atoms with Crippen LogP contribution >= 0.6 is 12.0 Å². The third-order valence-corrected chi connectivity index (χ3v) is 5.91. The molecule has 26 heavy (non-hydrogen) atoms.